The summed E-state index contributed by atoms with van der Waals surface area (Å²) in [7, 11) is 0. The molecular formula is C38H28N8O2. The number of carbonyl (C=O) groups excluding carboxylic acids is 2. The Balaban J connectivity index is 0.000000152. The maximum absolute atomic E-state index is 12.6. The standard InChI is InChI=1S/2C19H14N4O/c2*24-19(23-17-11-5-6-12-20-17)18-21-15-9-3-1-7-13(15)14-8-2-4-10-16(14)22-18/h2*1-12H,(H,21,22)(H,20,23,24). The fraction of sp³-hybridized carbons (Fsp3) is 0. The van der Waals surface area contributed by atoms with Crippen molar-refractivity contribution in [3.63, 3.8) is 0 Å². The number of para-hydroxylation sites is 4. The topological polar surface area (TPSA) is 133 Å². The lowest BCUT2D eigenvalue weighted by molar-refractivity contribution is -0.111. The molecule has 0 atom stereocenters. The number of nitrogens with one attached hydrogen (secondary N) is 4. The summed E-state index contributed by atoms with van der Waals surface area (Å²) < 4.78 is 0. The number of aromatic nitrogens is 2. The van der Waals surface area contributed by atoms with Gasteiger partial charge >= 0.3 is 0 Å². The number of amides is 2. The first-order chi connectivity index (χ1) is 23.6. The van der Waals surface area contributed by atoms with Gasteiger partial charge in [-0.2, -0.15) is 0 Å². The minimum atomic E-state index is -0.333. The summed E-state index contributed by atoms with van der Waals surface area (Å²) in [6, 6.07) is 41.9. The van der Waals surface area contributed by atoms with Gasteiger partial charge in [0.15, 0.2) is 11.7 Å². The number of rotatable bonds is 4. The number of nitrogens with zero attached hydrogens (tertiary/aromatic N) is 4. The Hall–Kier alpha value is -6.94. The Labute approximate surface area is 276 Å². The van der Waals surface area contributed by atoms with E-state index in [9.17, 15) is 9.59 Å². The molecule has 6 aromatic rings. The van der Waals surface area contributed by atoms with Crippen LogP contribution in [0.3, 0.4) is 0 Å². The first-order valence-electron chi connectivity index (χ1n) is 15.2. The number of amidine groups is 2. The lowest BCUT2D eigenvalue weighted by Gasteiger charge is -2.10. The van der Waals surface area contributed by atoms with Gasteiger partial charge in [-0.05, 0) is 48.5 Å². The third kappa shape index (κ3) is 6.53. The van der Waals surface area contributed by atoms with E-state index in [0.717, 1.165) is 45.0 Å². The van der Waals surface area contributed by atoms with Crippen molar-refractivity contribution >= 4 is 57.9 Å². The lowest BCUT2D eigenvalue weighted by atomic mass is 10.0. The molecule has 0 unspecified atom stereocenters. The monoisotopic (exact) mass is 628 g/mol. The smallest absolute Gasteiger partial charge is 0.292 e. The van der Waals surface area contributed by atoms with E-state index in [1.807, 2.05) is 109 Å². The highest BCUT2D eigenvalue weighted by Gasteiger charge is 2.21. The van der Waals surface area contributed by atoms with Gasteiger partial charge in [0.05, 0.1) is 11.4 Å². The highest BCUT2D eigenvalue weighted by molar-refractivity contribution is 6.47. The zero-order valence-corrected chi connectivity index (χ0v) is 25.5. The van der Waals surface area contributed by atoms with Gasteiger partial charge in [-0.15, -0.1) is 0 Å². The van der Waals surface area contributed by atoms with Crippen LogP contribution in [0.4, 0.5) is 34.4 Å². The molecule has 4 heterocycles. The average Bonchev–Trinajstić information content (AvgIpc) is 3.41. The number of hydrogen-bond donors (Lipinski definition) is 4. The summed E-state index contributed by atoms with van der Waals surface area (Å²) in [6.45, 7) is 0. The van der Waals surface area contributed by atoms with Crippen LogP contribution in [-0.4, -0.2) is 33.5 Å². The van der Waals surface area contributed by atoms with E-state index < -0.39 is 0 Å². The quantitative estimate of drug-likeness (QED) is 0.158. The second-order valence-electron chi connectivity index (χ2n) is 10.6. The summed E-state index contributed by atoms with van der Waals surface area (Å²) in [6.07, 6.45) is 3.26. The Bertz CT molecular complexity index is 2030. The zero-order chi connectivity index (χ0) is 32.7. The summed E-state index contributed by atoms with van der Waals surface area (Å²) in [5.41, 5.74) is 7.19. The third-order valence-electron chi connectivity index (χ3n) is 7.46. The number of benzene rings is 4. The molecular weight excluding hydrogens is 600 g/mol. The highest BCUT2D eigenvalue weighted by Crippen LogP contribution is 2.38. The Morgan fingerprint density at radius 1 is 0.438 bits per heavy atom. The van der Waals surface area contributed by atoms with Crippen LogP contribution < -0.4 is 21.3 Å². The second kappa shape index (κ2) is 13.6. The molecule has 0 aliphatic carbocycles. The van der Waals surface area contributed by atoms with E-state index in [2.05, 4.69) is 41.2 Å². The summed E-state index contributed by atoms with van der Waals surface area (Å²) >= 11 is 0. The number of carbonyl (C=O) groups is 2. The van der Waals surface area contributed by atoms with Crippen molar-refractivity contribution in [1.29, 1.82) is 0 Å². The van der Waals surface area contributed by atoms with E-state index >= 15 is 0 Å². The molecule has 2 aromatic heterocycles. The van der Waals surface area contributed by atoms with Crippen molar-refractivity contribution in [3.05, 3.63) is 146 Å². The Morgan fingerprint density at radius 3 is 1.23 bits per heavy atom. The van der Waals surface area contributed by atoms with Gasteiger partial charge in [0.2, 0.25) is 0 Å². The van der Waals surface area contributed by atoms with Crippen LogP contribution in [0, 0.1) is 0 Å². The van der Waals surface area contributed by atoms with Crippen LogP contribution in [0.15, 0.2) is 156 Å². The highest BCUT2D eigenvalue weighted by atomic mass is 16.2. The van der Waals surface area contributed by atoms with Crippen molar-refractivity contribution in [3.8, 4) is 22.3 Å². The third-order valence-corrected chi connectivity index (χ3v) is 7.46. The first-order valence-corrected chi connectivity index (χ1v) is 15.2. The van der Waals surface area contributed by atoms with E-state index in [4.69, 9.17) is 0 Å². The predicted octanol–water partition coefficient (Wildman–Crippen LogP) is 7.69. The molecule has 2 amide bonds. The second-order valence-corrected chi connectivity index (χ2v) is 10.6. The SMILES string of the molecule is O=C(Nc1ccccn1)C1=Nc2ccccc2-c2ccccc2N1.O=C(Nc1ccccn1)C1=Nc2ccccc2-c2ccccc2N1. The Kier molecular flexibility index (Phi) is 8.42. The van der Waals surface area contributed by atoms with Crippen molar-refractivity contribution in [2.45, 2.75) is 0 Å². The molecule has 4 aromatic carbocycles. The van der Waals surface area contributed by atoms with Crippen LogP contribution in [-0.2, 0) is 9.59 Å². The molecule has 4 N–H and O–H groups in total. The largest absolute Gasteiger partial charge is 0.335 e. The minimum Gasteiger partial charge on any atom is -0.335 e. The summed E-state index contributed by atoms with van der Waals surface area (Å²) in [5, 5.41) is 11.8. The van der Waals surface area contributed by atoms with Crippen molar-refractivity contribution < 1.29 is 9.59 Å². The number of fused-ring (bicyclic) bond motifs is 6. The van der Waals surface area contributed by atoms with Crippen LogP contribution in [0.5, 0.6) is 0 Å². The zero-order valence-electron chi connectivity index (χ0n) is 25.5. The number of pyridine rings is 2. The molecule has 48 heavy (non-hydrogen) atoms. The molecule has 232 valence electrons. The van der Waals surface area contributed by atoms with Crippen LogP contribution in [0.2, 0.25) is 0 Å². The lowest BCUT2D eigenvalue weighted by Crippen LogP contribution is -2.29. The molecule has 2 aliphatic heterocycles. The molecule has 0 saturated heterocycles. The van der Waals surface area contributed by atoms with Gasteiger partial charge < -0.3 is 21.3 Å². The number of anilines is 4. The minimum absolute atomic E-state index is 0.234. The number of aliphatic imine (C=N–C) groups is 2. The predicted molar refractivity (Wildman–Crippen MR) is 191 cm³/mol. The van der Waals surface area contributed by atoms with E-state index in [1.54, 1.807) is 36.7 Å². The van der Waals surface area contributed by atoms with E-state index in [0.29, 0.717) is 11.6 Å². The molecule has 2 aliphatic rings. The fourth-order valence-corrected chi connectivity index (χ4v) is 5.24. The maximum atomic E-state index is 12.6. The molecule has 8 rings (SSSR count). The normalized spacial score (nSPS) is 12.1. The van der Waals surface area contributed by atoms with Gasteiger partial charge in [0.25, 0.3) is 11.8 Å². The first kappa shape index (κ1) is 29.8. The molecule has 0 fully saturated rings. The van der Waals surface area contributed by atoms with Crippen LogP contribution in [0.25, 0.3) is 22.3 Å². The van der Waals surface area contributed by atoms with E-state index in [1.165, 1.54) is 0 Å². The van der Waals surface area contributed by atoms with Gasteiger partial charge in [-0.25, -0.2) is 20.0 Å². The molecule has 10 heteroatoms. The van der Waals surface area contributed by atoms with E-state index in [-0.39, 0.29) is 23.5 Å². The van der Waals surface area contributed by atoms with Crippen molar-refractivity contribution in [2.24, 2.45) is 9.98 Å². The van der Waals surface area contributed by atoms with Gasteiger partial charge in [0, 0.05) is 46.0 Å². The number of hydrogen-bond acceptors (Lipinski definition) is 8. The van der Waals surface area contributed by atoms with Gasteiger partial charge in [-0.3, -0.25) is 9.59 Å². The van der Waals surface area contributed by atoms with Crippen LogP contribution >= 0.6 is 0 Å². The molecule has 0 saturated carbocycles. The Morgan fingerprint density at radius 2 is 0.812 bits per heavy atom. The van der Waals surface area contributed by atoms with Crippen LogP contribution in [0.1, 0.15) is 0 Å². The van der Waals surface area contributed by atoms with Gasteiger partial charge in [-0.1, -0.05) is 84.9 Å². The van der Waals surface area contributed by atoms with Crippen molar-refractivity contribution in [1.82, 2.24) is 9.97 Å². The maximum Gasteiger partial charge on any atom is 0.292 e. The fourth-order valence-electron chi connectivity index (χ4n) is 5.24. The molecule has 0 spiro atoms. The summed E-state index contributed by atoms with van der Waals surface area (Å²) in [5.74, 6) is 0.771. The average molecular weight is 629 g/mol. The van der Waals surface area contributed by atoms with Gasteiger partial charge in [0.1, 0.15) is 11.6 Å². The molecule has 0 bridgehead atoms. The molecule has 10 nitrogen and oxygen atoms in total. The molecule has 0 radical (unpaired) electrons. The van der Waals surface area contributed by atoms with Crippen molar-refractivity contribution in [2.75, 3.05) is 21.3 Å². The summed E-state index contributed by atoms with van der Waals surface area (Å²) in [4.78, 5) is 42.4.